The van der Waals surface area contributed by atoms with E-state index in [1.165, 1.54) is 0 Å². The minimum absolute atomic E-state index is 0.134. The van der Waals surface area contributed by atoms with Crippen LogP contribution in [0, 0.1) is 0 Å². The second-order valence-corrected chi connectivity index (χ2v) is 4.68. The zero-order valence-electron chi connectivity index (χ0n) is 10.4. The Morgan fingerprint density at radius 2 is 1.67 bits per heavy atom. The molecule has 0 unspecified atom stereocenters. The molecular formula is C13H20N4O. The molecule has 0 aromatic heterocycles. The van der Waals surface area contributed by atoms with Gasteiger partial charge in [-0.1, -0.05) is 18.2 Å². The smallest absolute Gasteiger partial charge is 0.319 e. The van der Waals surface area contributed by atoms with Crippen LogP contribution < -0.4 is 21.9 Å². The molecule has 5 heteroatoms. The number of para-hydroxylation sites is 1. The first-order chi connectivity index (χ1) is 8.78. The summed E-state index contributed by atoms with van der Waals surface area (Å²) >= 11 is 0. The molecule has 1 aromatic carbocycles. The number of anilines is 1. The van der Waals surface area contributed by atoms with E-state index in [0.717, 1.165) is 31.4 Å². The third-order valence-corrected chi connectivity index (χ3v) is 3.33. The molecule has 5 N–H and O–H groups in total. The van der Waals surface area contributed by atoms with Crippen LogP contribution >= 0.6 is 0 Å². The number of nitrogens with two attached hydrogens (primary N) is 1. The van der Waals surface area contributed by atoms with Crippen molar-refractivity contribution in [2.75, 3.05) is 5.32 Å². The fraction of sp³-hybridized carbons (Fsp3) is 0.462. The first-order valence-corrected chi connectivity index (χ1v) is 6.36. The van der Waals surface area contributed by atoms with E-state index in [4.69, 9.17) is 5.84 Å². The van der Waals surface area contributed by atoms with Crippen molar-refractivity contribution in [1.82, 2.24) is 10.7 Å². The summed E-state index contributed by atoms with van der Waals surface area (Å²) in [5, 5.41) is 5.82. The molecular weight excluding hydrogens is 228 g/mol. The molecule has 0 bridgehead atoms. The Bertz CT molecular complexity index is 374. The second-order valence-electron chi connectivity index (χ2n) is 4.68. The Morgan fingerprint density at radius 3 is 2.28 bits per heavy atom. The molecule has 1 aliphatic rings. The third kappa shape index (κ3) is 3.72. The predicted molar refractivity (Wildman–Crippen MR) is 72.0 cm³/mol. The van der Waals surface area contributed by atoms with Gasteiger partial charge >= 0.3 is 6.03 Å². The highest BCUT2D eigenvalue weighted by molar-refractivity contribution is 5.89. The molecule has 0 atom stereocenters. The topological polar surface area (TPSA) is 79.2 Å². The fourth-order valence-corrected chi connectivity index (χ4v) is 2.28. The molecule has 1 fully saturated rings. The third-order valence-electron chi connectivity index (χ3n) is 3.33. The number of carbonyl (C=O) groups excluding carboxylic acids is 1. The van der Waals surface area contributed by atoms with Crippen LogP contribution in [-0.2, 0) is 0 Å². The Labute approximate surface area is 107 Å². The molecule has 1 aromatic rings. The van der Waals surface area contributed by atoms with Crippen molar-refractivity contribution in [3.8, 4) is 0 Å². The lowest BCUT2D eigenvalue weighted by Crippen LogP contribution is -2.45. The molecule has 1 saturated carbocycles. The van der Waals surface area contributed by atoms with Gasteiger partial charge in [0.25, 0.3) is 0 Å². The minimum atomic E-state index is -0.134. The Balaban J connectivity index is 1.75. The van der Waals surface area contributed by atoms with Gasteiger partial charge in [-0.3, -0.25) is 11.3 Å². The first-order valence-electron chi connectivity index (χ1n) is 6.36. The molecule has 18 heavy (non-hydrogen) atoms. The Hall–Kier alpha value is -1.59. The van der Waals surface area contributed by atoms with E-state index >= 15 is 0 Å². The van der Waals surface area contributed by atoms with Crippen LogP contribution in [0.25, 0.3) is 0 Å². The van der Waals surface area contributed by atoms with Gasteiger partial charge in [-0.05, 0) is 37.8 Å². The van der Waals surface area contributed by atoms with Crippen LogP contribution in [0.4, 0.5) is 10.5 Å². The number of rotatable bonds is 3. The highest BCUT2D eigenvalue weighted by Gasteiger charge is 2.21. The SMILES string of the molecule is NN[C@H]1CC[C@H](NC(=O)Nc2ccccc2)CC1. The molecule has 0 spiro atoms. The summed E-state index contributed by atoms with van der Waals surface area (Å²) in [4.78, 5) is 11.8. The van der Waals surface area contributed by atoms with Gasteiger partial charge in [0.05, 0.1) is 0 Å². The predicted octanol–water partition coefficient (Wildman–Crippen LogP) is 1.58. The summed E-state index contributed by atoms with van der Waals surface area (Å²) in [6, 6.07) is 9.96. The lowest BCUT2D eigenvalue weighted by molar-refractivity contribution is 0.240. The van der Waals surface area contributed by atoms with E-state index in [-0.39, 0.29) is 12.1 Å². The van der Waals surface area contributed by atoms with Crippen LogP contribution in [0.15, 0.2) is 30.3 Å². The van der Waals surface area contributed by atoms with Crippen LogP contribution in [0.3, 0.4) is 0 Å². The number of nitrogens with one attached hydrogen (secondary N) is 3. The summed E-state index contributed by atoms with van der Waals surface area (Å²) in [5.41, 5.74) is 3.60. The number of benzene rings is 1. The monoisotopic (exact) mass is 248 g/mol. The van der Waals surface area contributed by atoms with E-state index in [2.05, 4.69) is 16.1 Å². The quantitative estimate of drug-likeness (QED) is 0.484. The Kier molecular flexibility index (Phi) is 4.55. The lowest BCUT2D eigenvalue weighted by atomic mass is 9.92. The molecule has 2 amide bonds. The molecule has 0 saturated heterocycles. The number of amides is 2. The molecule has 0 radical (unpaired) electrons. The van der Waals surface area contributed by atoms with Crippen molar-refractivity contribution in [3.63, 3.8) is 0 Å². The number of hydrogen-bond donors (Lipinski definition) is 4. The van der Waals surface area contributed by atoms with E-state index in [1.54, 1.807) is 0 Å². The van der Waals surface area contributed by atoms with Gasteiger partial charge in [0.2, 0.25) is 0 Å². The van der Waals surface area contributed by atoms with Crippen LogP contribution in [0.1, 0.15) is 25.7 Å². The molecule has 5 nitrogen and oxygen atoms in total. The highest BCUT2D eigenvalue weighted by atomic mass is 16.2. The van der Waals surface area contributed by atoms with E-state index < -0.39 is 0 Å². The molecule has 98 valence electrons. The van der Waals surface area contributed by atoms with Crippen molar-refractivity contribution in [1.29, 1.82) is 0 Å². The van der Waals surface area contributed by atoms with Gasteiger partial charge in [0.1, 0.15) is 0 Å². The zero-order valence-corrected chi connectivity index (χ0v) is 10.4. The van der Waals surface area contributed by atoms with Crippen molar-refractivity contribution in [2.45, 2.75) is 37.8 Å². The maximum Gasteiger partial charge on any atom is 0.319 e. The normalized spacial score (nSPS) is 23.4. The summed E-state index contributed by atoms with van der Waals surface area (Å²) in [7, 11) is 0. The van der Waals surface area contributed by atoms with Gasteiger partial charge in [0, 0.05) is 17.8 Å². The summed E-state index contributed by atoms with van der Waals surface area (Å²) < 4.78 is 0. The summed E-state index contributed by atoms with van der Waals surface area (Å²) in [6.45, 7) is 0. The summed E-state index contributed by atoms with van der Waals surface area (Å²) in [6.07, 6.45) is 3.95. The first kappa shape index (κ1) is 12.9. The minimum Gasteiger partial charge on any atom is -0.335 e. The molecule has 0 aliphatic heterocycles. The van der Waals surface area contributed by atoms with E-state index in [9.17, 15) is 4.79 Å². The zero-order chi connectivity index (χ0) is 12.8. The number of urea groups is 1. The standard InChI is InChI=1S/C13H20N4O/c14-17-12-8-6-11(7-9-12)16-13(18)15-10-4-2-1-3-5-10/h1-5,11-12,17H,6-9,14H2,(H2,15,16,18)/t11-,12-. The highest BCUT2D eigenvalue weighted by Crippen LogP contribution is 2.18. The Morgan fingerprint density at radius 1 is 1.06 bits per heavy atom. The number of carbonyl (C=O) groups is 1. The van der Waals surface area contributed by atoms with E-state index in [0.29, 0.717) is 6.04 Å². The summed E-state index contributed by atoms with van der Waals surface area (Å²) in [5.74, 6) is 5.40. The van der Waals surface area contributed by atoms with Crippen molar-refractivity contribution >= 4 is 11.7 Å². The van der Waals surface area contributed by atoms with E-state index in [1.807, 2.05) is 30.3 Å². The van der Waals surface area contributed by atoms with Crippen molar-refractivity contribution < 1.29 is 4.79 Å². The number of hydrogen-bond acceptors (Lipinski definition) is 3. The van der Waals surface area contributed by atoms with Gasteiger partial charge in [-0.15, -0.1) is 0 Å². The van der Waals surface area contributed by atoms with Crippen molar-refractivity contribution in [3.05, 3.63) is 30.3 Å². The second kappa shape index (κ2) is 6.37. The molecule has 2 rings (SSSR count). The maximum absolute atomic E-state index is 11.8. The van der Waals surface area contributed by atoms with Gasteiger partial charge in [-0.2, -0.15) is 0 Å². The molecule has 1 aliphatic carbocycles. The van der Waals surface area contributed by atoms with Crippen molar-refractivity contribution in [2.24, 2.45) is 5.84 Å². The van der Waals surface area contributed by atoms with Gasteiger partial charge in [0.15, 0.2) is 0 Å². The van der Waals surface area contributed by atoms with Crippen LogP contribution in [0.2, 0.25) is 0 Å². The van der Waals surface area contributed by atoms with Crippen LogP contribution in [0.5, 0.6) is 0 Å². The number of hydrazine groups is 1. The fourth-order valence-electron chi connectivity index (χ4n) is 2.28. The maximum atomic E-state index is 11.8. The molecule has 0 heterocycles. The largest absolute Gasteiger partial charge is 0.335 e. The van der Waals surface area contributed by atoms with Gasteiger partial charge < -0.3 is 10.6 Å². The average Bonchev–Trinajstić information content (AvgIpc) is 2.40. The van der Waals surface area contributed by atoms with Crippen LogP contribution in [-0.4, -0.2) is 18.1 Å². The average molecular weight is 248 g/mol. The lowest BCUT2D eigenvalue weighted by Gasteiger charge is -2.28. The van der Waals surface area contributed by atoms with Gasteiger partial charge in [-0.25, -0.2) is 4.79 Å².